The van der Waals surface area contributed by atoms with Crippen molar-refractivity contribution in [2.24, 2.45) is 5.84 Å². The van der Waals surface area contributed by atoms with Crippen molar-refractivity contribution in [1.82, 2.24) is 5.43 Å². The van der Waals surface area contributed by atoms with E-state index in [4.69, 9.17) is 15.3 Å². The van der Waals surface area contributed by atoms with Gasteiger partial charge < -0.3 is 9.47 Å². The second-order valence-electron chi connectivity index (χ2n) is 3.47. The van der Waals surface area contributed by atoms with E-state index < -0.39 is 0 Å². The van der Waals surface area contributed by atoms with Crippen molar-refractivity contribution in [1.29, 1.82) is 0 Å². The van der Waals surface area contributed by atoms with Crippen LogP contribution in [-0.4, -0.2) is 24.9 Å². The van der Waals surface area contributed by atoms with Crippen LogP contribution in [0.2, 0.25) is 0 Å². The minimum absolute atomic E-state index is 0.157. The summed E-state index contributed by atoms with van der Waals surface area (Å²) in [6, 6.07) is 5.78. The monoisotopic (exact) mass is 254 g/mol. The molecule has 17 heavy (non-hydrogen) atoms. The molecule has 0 radical (unpaired) electrons. The molecular weight excluding hydrogens is 240 g/mol. The Hall–Kier alpha value is -1.40. The van der Waals surface area contributed by atoms with Crippen LogP contribution in [-0.2, 0) is 4.79 Å². The Bertz CT molecular complexity index is 412. The summed E-state index contributed by atoms with van der Waals surface area (Å²) in [7, 11) is 0. The summed E-state index contributed by atoms with van der Waals surface area (Å²) in [5.74, 6) is 7.07. The van der Waals surface area contributed by atoms with E-state index in [0.29, 0.717) is 25.4 Å². The van der Waals surface area contributed by atoms with Gasteiger partial charge in [-0.15, -0.1) is 11.8 Å². The van der Waals surface area contributed by atoms with Gasteiger partial charge in [-0.05, 0) is 18.2 Å². The Balaban J connectivity index is 1.91. The van der Waals surface area contributed by atoms with E-state index in [0.717, 1.165) is 16.4 Å². The molecule has 1 aliphatic rings. The molecule has 1 amide bonds. The van der Waals surface area contributed by atoms with Gasteiger partial charge in [-0.3, -0.25) is 10.2 Å². The molecule has 0 spiro atoms. The molecule has 0 saturated carbocycles. The van der Waals surface area contributed by atoms with Crippen molar-refractivity contribution in [2.45, 2.75) is 11.3 Å². The second-order valence-corrected chi connectivity index (χ2v) is 4.64. The minimum atomic E-state index is -0.157. The van der Waals surface area contributed by atoms with Crippen LogP contribution in [0.3, 0.4) is 0 Å². The largest absolute Gasteiger partial charge is 0.486 e. The Kier molecular flexibility index (Phi) is 4.11. The first-order valence-corrected chi connectivity index (χ1v) is 6.30. The van der Waals surface area contributed by atoms with Gasteiger partial charge in [-0.1, -0.05) is 0 Å². The Labute approximate surface area is 104 Å². The fraction of sp³-hybridized carbons (Fsp3) is 0.364. The lowest BCUT2D eigenvalue weighted by Crippen LogP contribution is -2.30. The molecule has 1 aliphatic heterocycles. The van der Waals surface area contributed by atoms with Crippen LogP contribution in [0.4, 0.5) is 0 Å². The fourth-order valence-electron chi connectivity index (χ4n) is 1.45. The van der Waals surface area contributed by atoms with E-state index >= 15 is 0 Å². The van der Waals surface area contributed by atoms with Crippen LogP contribution in [0.25, 0.3) is 0 Å². The standard InChI is InChI=1S/C11H14N2O3S/c12-13-11(14)3-6-17-8-1-2-9-10(7-8)16-5-4-15-9/h1-2,7H,3-6,12H2,(H,13,14). The molecule has 1 aromatic carbocycles. The number of fused-ring (bicyclic) bond motifs is 1. The number of carbonyl (C=O) groups is 1. The van der Waals surface area contributed by atoms with Crippen LogP contribution in [0.1, 0.15) is 6.42 Å². The van der Waals surface area contributed by atoms with E-state index in [9.17, 15) is 4.79 Å². The first-order chi connectivity index (χ1) is 8.29. The number of rotatable bonds is 4. The molecule has 0 bridgehead atoms. The predicted molar refractivity (Wildman–Crippen MR) is 65.1 cm³/mol. The maximum Gasteiger partial charge on any atom is 0.234 e. The van der Waals surface area contributed by atoms with E-state index in [1.54, 1.807) is 11.8 Å². The molecule has 0 aromatic heterocycles. The van der Waals surface area contributed by atoms with Crippen molar-refractivity contribution < 1.29 is 14.3 Å². The van der Waals surface area contributed by atoms with Gasteiger partial charge in [-0.2, -0.15) is 0 Å². The van der Waals surface area contributed by atoms with Crippen LogP contribution in [0.5, 0.6) is 11.5 Å². The zero-order valence-electron chi connectivity index (χ0n) is 9.27. The van der Waals surface area contributed by atoms with Gasteiger partial charge in [-0.25, -0.2) is 5.84 Å². The quantitative estimate of drug-likeness (QED) is 0.362. The first-order valence-electron chi connectivity index (χ1n) is 5.31. The van der Waals surface area contributed by atoms with E-state index in [-0.39, 0.29) is 5.91 Å². The van der Waals surface area contributed by atoms with E-state index in [1.807, 2.05) is 18.2 Å². The molecule has 0 aliphatic carbocycles. The summed E-state index contributed by atoms with van der Waals surface area (Å²) in [5.41, 5.74) is 2.10. The van der Waals surface area contributed by atoms with E-state index in [1.165, 1.54) is 0 Å². The lowest BCUT2D eigenvalue weighted by Gasteiger charge is -2.18. The highest BCUT2D eigenvalue weighted by Gasteiger charge is 2.11. The first kappa shape index (κ1) is 12.1. The number of nitrogens with two attached hydrogens (primary N) is 1. The van der Waals surface area contributed by atoms with Gasteiger partial charge in [0.05, 0.1) is 0 Å². The summed E-state index contributed by atoms with van der Waals surface area (Å²) >= 11 is 1.58. The summed E-state index contributed by atoms with van der Waals surface area (Å²) in [6.45, 7) is 1.17. The van der Waals surface area contributed by atoms with Gasteiger partial charge in [0.2, 0.25) is 5.91 Å². The molecule has 0 unspecified atom stereocenters. The lowest BCUT2D eigenvalue weighted by molar-refractivity contribution is -0.120. The van der Waals surface area contributed by atoms with Crippen molar-refractivity contribution in [3.05, 3.63) is 18.2 Å². The molecule has 0 atom stereocenters. The van der Waals surface area contributed by atoms with Gasteiger partial charge in [0.15, 0.2) is 11.5 Å². The number of benzene rings is 1. The van der Waals surface area contributed by atoms with Crippen molar-refractivity contribution in [3.63, 3.8) is 0 Å². The second kappa shape index (κ2) is 5.79. The molecule has 5 nitrogen and oxygen atoms in total. The van der Waals surface area contributed by atoms with Crippen LogP contribution in [0.15, 0.2) is 23.1 Å². The van der Waals surface area contributed by atoms with Crippen molar-refractivity contribution >= 4 is 17.7 Å². The van der Waals surface area contributed by atoms with Gasteiger partial charge in [0.25, 0.3) is 0 Å². The Morgan fingerprint density at radius 1 is 1.35 bits per heavy atom. The van der Waals surface area contributed by atoms with Crippen LogP contribution < -0.4 is 20.7 Å². The van der Waals surface area contributed by atoms with Gasteiger partial charge in [0.1, 0.15) is 13.2 Å². The maximum absolute atomic E-state index is 10.9. The molecule has 1 aromatic rings. The normalized spacial score (nSPS) is 13.2. The molecular formula is C11H14N2O3S. The van der Waals surface area contributed by atoms with Crippen LogP contribution >= 0.6 is 11.8 Å². The molecule has 6 heteroatoms. The molecule has 3 N–H and O–H groups in total. The number of ether oxygens (including phenoxy) is 2. The van der Waals surface area contributed by atoms with Crippen molar-refractivity contribution in [2.75, 3.05) is 19.0 Å². The third-order valence-corrected chi connectivity index (χ3v) is 3.27. The molecule has 92 valence electrons. The summed E-state index contributed by atoms with van der Waals surface area (Å²) < 4.78 is 10.9. The third-order valence-electron chi connectivity index (χ3n) is 2.27. The SMILES string of the molecule is NNC(=O)CCSc1ccc2c(c1)OCCO2. The Morgan fingerprint density at radius 2 is 2.12 bits per heavy atom. The summed E-state index contributed by atoms with van der Waals surface area (Å²) in [5, 5.41) is 0. The van der Waals surface area contributed by atoms with Crippen LogP contribution in [0, 0.1) is 0 Å². The molecule has 0 saturated heterocycles. The summed E-state index contributed by atoms with van der Waals surface area (Å²) in [4.78, 5) is 12.0. The maximum atomic E-state index is 10.9. The smallest absolute Gasteiger partial charge is 0.234 e. The summed E-state index contributed by atoms with van der Waals surface area (Å²) in [6.07, 6.45) is 0.398. The molecule has 2 rings (SSSR count). The minimum Gasteiger partial charge on any atom is -0.486 e. The van der Waals surface area contributed by atoms with Gasteiger partial charge >= 0.3 is 0 Å². The number of carbonyl (C=O) groups excluding carboxylic acids is 1. The fourth-order valence-corrected chi connectivity index (χ4v) is 2.33. The molecule has 0 fully saturated rings. The predicted octanol–water partition coefficient (Wildman–Crippen LogP) is 0.930. The number of hydrazine groups is 1. The number of amides is 1. The average Bonchev–Trinajstić information content (AvgIpc) is 2.38. The van der Waals surface area contributed by atoms with Crippen molar-refractivity contribution in [3.8, 4) is 11.5 Å². The highest BCUT2D eigenvalue weighted by molar-refractivity contribution is 7.99. The average molecular weight is 254 g/mol. The molecule has 1 heterocycles. The Morgan fingerprint density at radius 3 is 2.88 bits per heavy atom. The number of hydrogen-bond acceptors (Lipinski definition) is 5. The third kappa shape index (κ3) is 3.28. The van der Waals surface area contributed by atoms with Gasteiger partial charge in [0, 0.05) is 17.1 Å². The lowest BCUT2D eigenvalue weighted by atomic mass is 10.3. The zero-order valence-corrected chi connectivity index (χ0v) is 10.1. The zero-order chi connectivity index (χ0) is 12.1. The highest BCUT2D eigenvalue weighted by Crippen LogP contribution is 2.34. The number of hydrogen-bond donors (Lipinski definition) is 2. The number of nitrogens with one attached hydrogen (secondary N) is 1. The topological polar surface area (TPSA) is 73.6 Å². The number of thioether (sulfide) groups is 1. The van der Waals surface area contributed by atoms with E-state index in [2.05, 4.69) is 5.43 Å². The highest BCUT2D eigenvalue weighted by atomic mass is 32.2.